The van der Waals surface area contributed by atoms with Crippen LogP contribution in [0.4, 0.5) is 13.2 Å². The van der Waals surface area contributed by atoms with E-state index < -0.39 is 16.6 Å². The molecule has 0 spiro atoms. The van der Waals surface area contributed by atoms with Crippen molar-refractivity contribution in [1.29, 1.82) is 0 Å². The third kappa shape index (κ3) is 3.39. The lowest BCUT2D eigenvalue weighted by atomic mass is 10.1. The van der Waals surface area contributed by atoms with Gasteiger partial charge < -0.3 is 0 Å². The molecule has 1 rings (SSSR count). The van der Waals surface area contributed by atoms with Crippen LogP contribution in [0.25, 0.3) is 0 Å². The van der Waals surface area contributed by atoms with Crippen LogP contribution in [0.3, 0.4) is 0 Å². The molecule has 0 bridgehead atoms. The van der Waals surface area contributed by atoms with Crippen LogP contribution in [0.2, 0.25) is 0 Å². The predicted octanol–water partition coefficient (Wildman–Crippen LogP) is 4.06. The van der Waals surface area contributed by atoms with Crippen LogP contribution >= 0.6 is 23.2 Å². The molecule has 1 aromatic rings. The molecule has 14 heavy (non-hydrogen) atoms. The summed E-state index contributed by atoms with van der Waals surface area (Å²) in [7, 11) is 0. The molecule has 0 aliphatic rings. The molecule has 1 radical (unpaired) electrons. The van der Waals surface area contributed by atoms with Gasteiger partial charge >= 0.3 is 6.18 Å². The maximum atomic E-state index is 12.2. The summed E-state index contributed by atoms with van der Waals surface area (Å²) in [5.74, 6) is 0. The lowest BCUT2D eigenvalue weighted by Crippen LogP contribution is -2.05. The normalized spacial score (nSPS) is 12.1. The lowest BCUT2D eigenvalue weighted by Gasteiger charge is -2.08. The second-order valence-corrected chi connectivity index (χ2v) is 3.79. The molecule has 0 aliphatic carbocycles. The third-order valence-electron chi connectivity index (χ3n) is 1.53. The number of alkyl halides is 5. The highest BCUT2D eigenvalue weighted by Crippen LogP contribution is 2.30. The molecule has 0 atom stereocenters. The van der Waals surface area contributed by atoms with E-state index >= 15 is 0 Å². The number of hydrogen-bond donors (Lipinski definition) is 0. The molecule has 0 unspecified atom stereocenters. The van der Waals surface area contributed by atoms with Crippen LogP contribution in [-0.2, 0) is 6.18 Å². The van der Waals surface area contributed by atoms with Crippen LogP contribution in [0.15, 0.2) is 24.3 Å². The minimum Gasteiger partial charge on any atom is -0.166 e. The molecule has 0 amide bonds. The van der Waals surface area contributed by atoms with E-state index in [1.54, 1.807) is 0 Å². The van der Waals surface area contributed by atoms with E-state index in [0.717, 1.165) is 12.1 Å². The summed E-state index contributed by atoms with van der Waals surface area (Å²) in [6.45, 7) is 0. The maximum Gasteiger partial charge on any atom is 0.416 e. The van der Waals surface area contributed by atoms with Crippen LogP contribution in [0, 0.1) is 6.42 Å². The standard InChI is InChI=1S/C9H6Cl2F3/c10-8(11)5-6-2-1-3-7(4-6)9(12,13)14/h1-5,8H. The van der Waals surface area contributed by atoms with Gasteiger partial charge in [-0.05, 0) is 11.6 Å². The predicted molar refractivity (Wildman–Crippen MR) is 50.3 cm³/mol. The Morgan fingerprint density at radius 2 is 1.86 bits per heavy atom. The Labute approximate surface area is 89.6 Å². The maximum absolute atomic E-state index is 12.2. The van der Waals surface area contributed by atoms with E-state index in [1.165, 1.54) is 18.6 Å². The molecular formula is C9H6Cl2F3. The second-order valence-electron chi connectivity index (χ2n) is 2.62. The van der Waals surface area contributed by atoms with E-state index in [2.05, 4.69) is 0 Å². The van der Waals surface area contributed by atoms with Crippen molar-refractivity contribution in [2.45, 2.75) is 11.0 Å². The van der Waals surface area contributed by atoms with E-state index in [0.29, 0.717) is 5.56 Å². The molecule has 77 valence electrons. The summed E-state index contributed by atoms with van der Waals surface area (Å²) in [6.07, 6.45) is -3.00. The molecule has 0 nitrogen and oxygen atoms in total. The summed E-state index contributed by atoms with van der Waals surface area (Å²) in [4.78, 5) is -0.807. The molecule has 0 aliphatic heterocycles. The summed E-state index contributed by atoms with van der Waals surface area (Å²) >= 11 is 10.8. The van der Waals surface area contributed by atoms with Crippen LogP contribution < -0.4 is 0 Å². The first-order valence-electron chi connectivity index (χ1n) is 3.70. The number of rotatable bonds is 2. The zero-order chi connectivity index (χ0) is 10.8. The van der Waals surface area contributed by atoms with Gasteiger partial charge in [-0.2, -0.15) is 13.2 Å². The fraction of sp³-hybridized carbons (Fsp3) is 0.222. The molecule has 0 heterocycles. The van der Waals surface area contributed by atoms with Crippen LogP contribution in [0.1, 0.15) is 11.1 Å². The Balaban J connectivity index is 2.90. The number of halogens is 5. The molecule has 5 heteroatoms. The second kappa shape index (κ2) is 4.41. The smallest absolute Gasteiger partial charge is 0.166 e. The monoisotopic (exact) mass is 241 g/mol. The highest BCUT2D eigenvalue weighted by Gasteiger charge is 2.30. The highest BCUT2D eigenvalue weighted by atomic mass is 35.5. The largest absolute Gasteiger partial charge is 0.416 e. The van der Waals surface area contributed by atoms with E-state index in [9.17, 15) is 13.2 Å². The molecule has 0 saturated carbocycles. The fourth-order valence-corrected chi connectivity index (χ4v) is 1.26. The van der Waals surface area contributed by atoms with Gasteiger partial charge in [0.25, 0.3) is 0 Å². The Kier molecular flexibility index (Phi) is 3.67. The fourth-order valence-electron chi connectivity index (χ4n) is 0.964. The van der Waals surface area contributed by atoms with Gasteiger partial charge in [-0.25, -0.2) is 0 Å². The molecule has 1 aromatic carbocycles. The van der Waals surface area contributed by atoms with Gasteiger partial charge in [0.1, 0.15) is 4.84 Å². The summed E-state index contributed by atoms with van der Waals surface area (Å²) in [5, 5.41) is 0. The number of benzene rings is 1. The average molecular weight is 242 g/mol. The van der Waals surface area contributed by atoms with E-state index in [1.807, 2.05) is 0 Å². The zero-order valence-electron chi connectivity index (χ0n) is 6.85. The third-order valence-corrected chi connectivity index (χ3v) is 1.78. The number of hydrogen-bond acceptors (Lipinski definition) is 0. The van der Waals surface area contributed by atoms with Gasteiger partial charge in [0.15, 0.2) is 0 Å². The van der Waals surface area contributed by atoms with E-state index in [-0.39, 0.29) is 0 Å². The first kappa shape index (κ1) is 11.7. The van der Waals surface area contributed by atoms with Gasteiger partial charge in [0.2, 0.25) is 0 Å². The van der Waals surface area contributed by atoms with Crippen LogP contribution in [-0.4, -0.2) is 4.84 Å². The van der Waals surface area contributed by atoms with Crippen molar-refractivity contribution < 1.29 is 13.2 Å². The molecule has 0 fully saturated rings. The summed E-state index contributed by atoms with van der Waals surface area (Å²) in [5.41, 5.74) is -0.352. The topological polar surface area (TPSA) is 0 Å². The van der Waals surface area contributed by atoms with Crippen molar-refractivity contribution in [3.8, 4) is 0 Å². The van der Waals surface area contributed by atoms with Gasteiger partial charge in [0.05, 0.1) is 5.56 Å². The Morgan fingerprint density at radius 1 is 1.21 bits per heavy atom. The van der Waals surface area contributed by atoms with Crippen LogP contribution in [0.5, 0.6) is 0 Å². The lowest BCUT2D eigenvalue weighted by molar-refractivity contribution is -0.137. The first-order valence-corrected chi connectivity index (χ1v) is 4.57. The van der Waals surface area contributed by atoms with Gasteiger partial charge in [-0.15, -0.1) is 23.2 Å². The van der Waals surface area contributed by atoms with Gasteiger partial charge in [-0.3, -0.25) is 0 Å². The highest BCUT2D eigenvalue weighted by molar-refractivity contribution is 6.45. The Hall–Kier alpha value is -0.410. The summed E-state index contributed by atoms with van der Waals surface area (Å²) < 4.78 is 36.7. The Morgan fingerprint density at radius 3 is 2.36 bits per heavy atom. The van der Waals surface area contributed by atoms with Gasteiger partial charge in [-0.1, -0.05) is 18.2 Å². The van der Waals surface area contributed by atoms with Crippen molar-refractivity contribution in [3.05, 3.63) is 41.8 Å². The Bertz CT molecular complexity index is 307. The van der Waals surface area contributed by atoms with Crippen molar-refractivity contribution in [2.24, 2.45) is 0 Å². The minimum absolute atomic E-state index is 0.356. The van der Waals surface area contributed by atoms with Crippen molar-refractivity contribution in [1.82, 2.24) is 0 Å². The SMILES string of the molecule is FC(F)(F)c1cccc([CH]C(Cl)Cl)c1. The average Bonchev–Trinajstić information content (AvgIpc) is 2.01. The minimum atomic E-state index is -4.34. The first-order chi connectivity index (χ1) is 6.39. The van der Waals surface area contributed by atoms with Crippen molar-refractivity contribution in [3.63, 3.8) is 0 Å². The quantitative estimate of drug-likeness (QED) is 0.686. The zero-order valence-corrected chi connectivity index (χ0v) is 8.37. The molecule has 0 N–H and O–H groups in total. The van der Waals surface area contributed by atoms with Gasteiger partial charge in [0, 0.05) is 6.42 Å². The molecule has 0 aromatic heterocycles. The van der Waals surface area contributed by atoms with Crippen molar-refractivity contribution >= 4 is 23.2 Å². The molecular weight excluding hydrogens is 236 g/mol. The van der Waals surface area contributed by atoms with E-state index in [4.69, 9.17) is 23.2 Å². The van der Waals surface area contributed by atoms with Crippen molar-refractivity contribution in [2.75, 3.05) is 0 Å². The summed E-state index contributed by atoms with van der Waals surface area (Å²) in [6, 6.07) is 4.81. The molecule has 0 saturated heterocycles.